The van der Waals surface area contributed by atoms with Gasteiger partial charge in [-0.05, 0) is 5.56 Å². The Morgan fingerprint density at radius 2 is 1.33 bits per heavy atom. The van der Waals surface area contributed by atoms with Gasteiger partial charge >= 0.3 is 5.97 Å². The molecule has 88 valence electrons. The van der Waals surface area contributed by atoms with Crippen LogP contribution in [0.3, 0.4) is 0 Å². The molecule has 0 bridgehead atoms. The van der Waals surface area contributed by atoms with Gasteiger partial charge in [0.2, 0.25) is 0 Å². The summed E-state index contributed by atoms with van der Waals surface area (Å²) in [7, 11) is 1.39. The van der Waals surface area contributed by atoms with E-state index in [1.807, 2.05) is 60.7 Å². The molecule has 1 heterocycles. The van der Waals surface area contributed by atoms with Crippen LogP contribution in [0.25, 0.3) is 0 Å². The van der Waals surface area contributed by atoms with Crippen molar-refractivity contribution in [2.24, 2.45) is 0 Å². The molecule has 0 radical (unpaired) electrons. The van der Waals surface area contributed by atoms with E-state index in [-0.39, 0.29) is 5.97 Å². The lowest BCUT2D eigenvalue weighted by molar-refractivity contribution is -0.127. The number of ether oxygens (including phenoxy) is 1. The minimum atomic E-state index is -0.273. The first-order valence-electron chi connectivity index (χ1n) is 5.59. The monoisotopic (exact) mass is 254 g/mol. The van der Waals surface area contributed by atoms with E-state index in [2.05, 4.69) is 0 Å². The molecule has 0 saturated heterocycles. The first kappa shape index (κ1) is 11.0. The fourth-order valence-corrected chi connectivity index (χ4v) is 2.68. The van der Waals surface area contributed by atoms with Crippen LogP contribution in [-0.2, 0) is 9.53 Å². The van der Waals surface area contributed by atoms with Gasteiger partial charge < -0.3 is 4.74 Å². The fraction of sp³-hybridized carbons (Fsp3) is 0. The zero-order chi connectivity index (χ0) is 12.4. The van der Waals surface area contributed by atoms with Crippen molar-refractivity contribution in [2.75, 3.05) is 0 Å². The third-order valence-corrected chi connectivity index (χ3v) is 3.72. The Balaban J connectivity index is 2.09. The Bertz CT molecular complexity index is 653. The smallest absolute Gasteiger partial charge is 0.355 e. The lowest BCUT2D eigenvalue weighted by Gasteiger charge is -2.00. The minimum Gasteiger partial charge on any atom is -0.411 e. The Morgan fingerprint density at radius 1 is 0.778 bits per heavy atom. The molecule has 0 saturated carbocycles. The first-order chi connectivity index (χ1) is 8.84. The standard InChI is InChI=1S/C15H10O2S/c16-14-13(11-7-3-1-4-8-11)18-15(17-14)12-9-5-2-6-10-12/h1-10H. The molecule has 2 aromatic rings. The van der Waals surface area contributed by atoms with E-state index in [4.69, 9.17) is 4.74 Å². The summed E-state index contributed by atoms with van der Waals surface area (Å²) in [5.74, 6) is -0.273. The Hall–Kier alpha value is -2.13. The number of carbonyl (C=O) groups excluding carboxylic acids is 1. The summed E-state index contributed by atoms with van der Waals surface area (Å²) in [6.45, 7) is 0. The highest BCUT2D eigenvalue weighted by molar-refractivity contribution is 8.00. The van der Waals surface area contributed by atoms with E-state index in [1.54, 1.807) is 0 Å². The summed E-state index contributed by atoms with van der Waals surface area (Å²) in [5, 5.41) is 0.652. The van der Waals surface area contributed by atoms with Crippen molar-refractivity contribution in [1.82, 2.24) is 0 Å². The van der Waals surface area contributed by atoms with Crippen molar-refractivity contribution in [1.29, 1.82) is 0 Å². The topological polar surface area (TPSA) is 26.3 Å². The highest BCUT2D eigenvalue weighted by atomic mass is 32.1. The van der Waals surface area contributed by atoms with Crippen LogP contribution >= 0.6 is 10.9 Å². The van der Waals surface area contributed by atoms with Crippen molar-refractivity contribution in [3.8, 4) is 0 Å². The van der Waals surface area contributed by atoms with Gasteiger partial charge in [0.05, 0.1) is 0 Å². The number of hydrogen-bond acceptors (Lipinski definition) is 2. The largest absolute Gasteiger partial charge is 0.411 e. The van der Waals surface area contributed by atoms with Crippen molar-refractivity contribution in [2.45, 2.75) is 0 Å². The molecule has 0 atom stereocenters. The van der Waals surface area contributed by atoms with E-state index >= 15 is 0 Å². The van der Waals surface area contributed by atoms with Crippen LogP contribution in [0, 0.1) is 0 Å². The van der Waals surface area contributed by atoms with Crippen LogP contribution in [0.4, 0.5) is 0 Å². The second-order valence-electron chi connectivity index (χ2n) is 3.84. The number of cyclic esters (lactones) is 1. The first-order valence-corrected chi connectivity index (χ1v) is 6.41. The zero-order valence-corrected chi connectivity index (χ0v) is 10.3. The molecule has 18 heavy (non-hydrogen) atoms. The zero-order valence-electron chi connectivity index (χ0n) is 9.50. The molecule has 1 aliphatic rings. The number of rotatable bonds is 2. The van der Waals surface area contributed by atoms with Crippen LogP contribution in [0.15, 0.2) is 60.7 Å². The molecule has 2 aromatic carbocycles. The minimum absolute atomic E-state index is 0.273. The summed E-state index contributed by atoms with van der Waals surface area (Å²) >= 11 is 0. The molecular weight excluding hydrogens is 244 g/mol. The Morgan fingerprint density at radius 3 is 1.94 bits per heavy atom. The van der Waals surface area contributed by atoms with E-state index < -0.39 is 0 Å². The number of benzene rings is 2. The summed E-state index contributed by atoms with van der Waals surface area (Å²) in [5.41, 5.74) is 1.83. The maximum absolute atomic E-state index is 11.9. The molecular formula is C15H10O2S. The van der Waals surface area contributed by atoms with Crippen LogP contribution in [0.2, 0.25) is 0 Å². The highest BCUT2D eigenvalue weighted by Crippen LogP contribution is 2.15. The second kappa shape index (κ2) is 4.63. The molecule has 2 nitrogen and oxygen atoms in total. The van der Waals surface area contributed by atoms with Gasteiger partial charge in [0.25, 0.3) is 0 Å². The van der Waals surface area contributed by atoms with Gasteiger partial charge in [0.15, 0.2) is 5.05 Å². The van der Waals surface area contributed by atoms with Gasteiger partial charge in [0.1, 0.15) is 4.86 Å². The quantitative estimate of drug-likeness (QED) is 0.608. The Labute approximate surface area is 108 Å². The highest BCUT2D eigenvalue weighted by Gasteiger charge is 2.22. The third kappa shape index (κ3) is 2.00. The molecule has 3 heteroatoms. The van der Waals surface area contributed by atoms with Gasteiger partial charge in [-0.1, -0.05) is 71.6 Å². The molecule has 0 fully saturated rings. The lowest BCUT2D eigenvalue weighted by Crippen LogP contribution is -2.14. The van der Waals surface area contributed by atoms with Gasteiger partial charge in [-0.15, -0.1) is 0 Å². The fourth-order valence-electron chi connectivity index (χ4n) is 1.74. The maximum Gasteiger partial charge on any atom is 0.355 e. The maximum atomic E-state index is 11.9. The van der Waals surface area contributed by atoms with Crippen LogP contribution in [0.1, 0.15) is 11.1 Å². The van der Waals surface area contributed by atoms with Crippen molar-refractivity contribution in [3.05, 3.63) is 71.8 Å². The molecule has 1 aliphatic heterocycles. The summed E-state index contributed by atoms with van der Waals surface area (Å²) in [6, 6.07) is 19.2. The molecule has 0 aliphatic carbocycles. The summed E-state index contributed by atoms with van der Waals surface area (Å²) in [4.78, 5) is 12.5. The van der Waals surface area contributed by atoms with Gasteiger partial charge in [0, 0.05) is 5.56 Å². The van der Waals surface area contributed by atoms with Crippen LogP contribution < -0.4 is 0 Å². The molecule has 0 spiro atoms. The van der Waals surface area contributed by atoms with Gasteiger partial charge in [-0.2, -0.15) is 0 Å². The molecule has 0 unspecified atom stereocenters. The van der Waals surface area contributed by atoms with Gasteiger partial charge in [-0.3, -0.25) is 0 Å². The van der Waals surface area contributed by atoms with E-state index in [9.17, 15) is 4.79 Å². The number of esters is 1. The van der Waals surface area contributed by atoms with Crippen molar-refractivity contribution >= 4 is 26.8 Å². The second-order valence-corrected chi connectivity index (χ2v) is 4.82. The summed E-state index contributed by atoms with van der Waals surface area (Å²) < 4.78 is 5.32. The number of carbonyl (C=O) groups is 1. The molecule has 3 rings (SSSR count). The number of hydrogen-bond donors (Lipinski definition) is 0. The lowest BCUT2D eigenvalue weighted by atomic mass is 10.1. The van der Waals surface area contributed by atoms with E-state index in [0.717, 1.165) is 11.1 Å². The van der Waals surface area contributed by atoms with Crippen LogP contribution in [0.5, 0.6) is 0 Å². The predicted molar refractivity (Wildman–Crippen MR) is 74.8 cm³/mol. The summed E-state index contributed by atoms with van der Waals surface area (Å²) in [6.07, 6.45) is 0. The van der Waals surface area contributed by atoms with Crippen molar-refractivity contribution in [3.63, 3.8) is 0 Å². The average Bonchev–Trinajstić information content (AvgIpc) is 2.83. The molecule has 0 amide bonds. The third-order valence-electron chi connectivity index (χ3n) is 2.61. The van der Waals surface area contributed by atoms with Crippen LogP contribution in [-0.4, -0.2) is 15.9 Å². The molecule has 0 aromatic heterocycles. The normalized spacial score (nSPS) is 14.3. The SMILES string of the molecule is O=C1OC(c2ccccc2)=S=C1c1ccccc1. The Kier molecular flexibility index (Phi) is 2.82. The van der Waals surface area contributed by atoms with E-state index in [1.165, 1.54) is 10.9 Å². The molecule has 0 N–H and O–H groups in total. The van der Waals surface area contributed by atoms with Gasteiger partial charge in [-0.25, -0.2) is 4.79 Å². The van der Waals surface area contributed by atoms with E-state index in [0.29, 0.717) is 9.92 Å². The average molecular weight is 254 g/mol. The predicted octanol–water partition coefficient (Wildman–Crippen LogP) is 2.68. The van der Waals surface area contributed by atoms with Crippen molar-refractivity contribution < 1.29 is 9.53 Å².